The van der Waals surface area contributed by atoms with Crippen LogP contribution >= 0.6 is 11.3 Å². The van der Waals surface area contributed by atoms with Gasteiger partial charge in [-0.3, -0.25) is 4.79 Å². The Morgan fingerprint density at radius 2 is 1.91 bits per heavy atom. The summed E-state index contributed by atoms with van der Waals surface area (Å²) in [5, 5.41) is 4.04. The van der Waals surface area contributed by atoms with E-state index in [0.717, 1.165) is 37.9 Å². The average molecular weight is 357 g/mol. The Kier molecular flexibility index (Phi) is 5.08. The van der Waals surface area contributed by atoms with E-state index in [2.05, 4.69) is 0 Å². The number of hydrogen-bond donors (Lipinski definition) is 0. The van der Waals surface area contributed by atoms with E-state index in [1.165, 1.54) is 6.26 Å². The Morgan fingerprint density at radius 3 is 2.52 bits per heavy atom. The Hall–Kier alpha value is -0.920. The maximum atomic E-state index is 12.4. The molecule has 0 spiro atoms. The second kappa shape index (κ2) is 6.91. The molecule has 5 nitrogen and oxygen atoms in total. The van der Waals surface area contributed by atoms with E-state index in [4.69, 9.17) is 0 Å². The average Bonchev–Trinajstić information content (AvgIpc) is 3.17. The van der Waals surface area contributed by atoms with Gasteiger partial charge >= 0.3 is 0 Å². The monoisotopic (exact) mass is 356 g/mol. The summed E-state index contributed by atoms with van der Waals surface area (Å²) in [6.45, 7) is 2.94. The van der Waals surface area contributed by atoms with Crippen LogP contribution in [0.1, 0.15) is 24.8 Å². The van der Waals surface area contributed by atoms with Gasteiger partial charge in [0.15, 0.2) is 0 Å². The van der Waals surface area contributed by atoms with E-state index in [-0.39, 0.29) is 5.91 Å². The third kappa shape index (κ3) is 4.14. The number of amides is 1. The molecule has 0 radical (unpaired) electrons. The van der Waals surface area contributed by atoms with Crippen LogP contribution in [0.15, 0.2) is 16.8 Å². The highest BCUT2D eigenvalue weighted by Gasteiger charge is 2.35. The predicted octanol–water partition coefficient (Wildman–Crippen LogP) is 1.81. The normalized spacial score (nSPS) is 24.2. The molecule has 2 fully saturated rings. The van der Waals surface area contributed by atoms with Crippen LogP contribution in [0.2, 0.25) is 0 Å². The van der Waals surface area contributed by atoms with Crippen LogP contribution in [0.25, 0.3) is 0 Å². The summed E-state index contributed by atoms with van der Waals surface area (Å²) >= 11 is 1.63. The quantitative estimate of drug-likeness (QED) is 0.827. The minimum atomic E-state index is -3.06. The van der Waals surface area contributed by atoms with Gasteiger partial charge in [-0.05, 0) is 53.5 Å². The summed E-state index contributed by atoms with van der Waals surface area (Å²) in [5.74, 6) is 1.30. The Balaban J connectivity index is 1.49. The van der Waals surface area contributed by atoms with E-state index >= 15 is 0 Å². The molecular formula is C16H24N2O3S2. The van der Waals surface area contributed by atoms with Gasteiger partial charge in [-0.2, -0.15) is 11.3 Å². The number of carbonyl (C=O) groups is 1. The van der Waals surface area contributed by atoms with E-state index in [1.54, 1.807) is 15.6 Å². The molecular weight excluding hydrogens is 332 g/mol. The lowest BCUT2D eigenvalue weighted by molar-refractivity contribution is -0.129. The van der Waals surface area contributed by atoms with Crippen molar-refractivity contribution in [2.45, 2.75) is 25.7 Å². The summed E-state index contributed by atoms with van der Waals surface area (Å²) in [5.41, 5.74) is 1.10. The zero-order chi connectivity index (χ0) is 16.4. The van der Waals surface area contributed by atoms with Crippen molar-refractivity contribution >= 4 is 27.3 Å². The lowest BCUT2D eigenvalue weighted by Gasteiger charge is -2.33. The van der Waals surface area contributed by atoms with Gasteiger partial charge in [-0.15, -0.1) is 0 Å². The van der Waals surface area contributed by atoms with Crippen molar-refractivity contribution in [1.82, 2.24) is 9.21 Å². The molecule has 0 saturated carbocycles. The number of likely N-dealkylation sites (tertiary alicyclic amines) is 1. The molecule has 3 rings (SSSR count). The Morgan fingerprint density at radius 1 is 1.22 bits per heavy atom. The third-order valence-corrected chi connectivity index (χ3v) is 7.18. The van der Waals surface area contributed by atoms with Gasteiger partial charge in [0.2, 0.25) is 15.9 Å². The van der Waals surface area contributed by atoms with Crippen LogP contribution in [-0.2, 0) is 21.2 Å². The summed E-state index contributed by atoms with van der Waals surface area (Å²) < 4.78 is 24.7. The minimum absolute atomic E-state index is 0.222. The van der Waals surface area contributed by atoms with E-state index in [9.17, 15) is 13.2 Å². The van der Waals surface area contributed by atoms with E-state index in [1.807, 2.05) is 21.7 Å². The first kappa shape index (κ1) is 16.9. The molecule has 1 amide bonds. The molecule has 2 aliphatic rings. The highest BCUT2D eigenvalue weighted by Crippen LogP contribution is 2.32. The van der Waals surface area contributed by atoms with Crippen molar-refractivity contribution < 1.29 is 13.2 Å². The van der Waals surface area contributed by atoms with E-state index in [0.29, 0.717) is 31.3 Å². The number of piperidine rings is 1. The SMILES string of the molecule is CS(=O)(=O)N1CCC(C2CCN(C(=O)Cc3ccsc3)C2)CC1. The fourth-order valence-corrected chi connectivity index (χ4v) is 5.30. The second-order valence-electron chi connectivity index (χ2n) is 6.70. The lowest BCUT2D eigenvalue weighted by Crippen LogP contribution is -2.40. The molecule has 0 aromatic carbocycles. The van der Waals surface area contributed by atoms with Crippen LogP contribution < -0.4 is 0 Å². The van der Waals surface area contributed by atoms with Gasteiger partial charge in [0.1, 0.15) is 0 Å². The zero-order valence-corrected chi connectivity index (χ0v) is 15.1. The molecule has 23 heavy (non-hydrogen) atoms. The van der Waals surface area contributed by atoms with Gasteiger partial charge in [0.25, 0.3) is 0 Å². The first-order valence-corrected chi connectivity index (χ1v) is 11.0. The highest BCUT2D eigenvalue weighted by molar-refractivity contribution is 7.88. The molecule has 1 aromatic heterocycles. The standard InChI is InChI=1S/C16H24N2O3S2/c1-23(20,21)18-7-3-14(4-8-18)15-2-6-17(11-15)16(19)10-13-5-9-22-12-13/h5,9,12,14-15H,2-4,6-8,10-11H2,1H3. The Labute approximate surface area is 142 Å². The molecule has 128 valence electrons. The summed E-state index contributed by atoms with van der Waals surface area (Å²) in [6, 6.07) is 2.01. The van der Waals surface area contributed by atoms with Gasteiger partial charge in [-0.25, -0.2) is 12.7 Å². The van der Waals surface area contributed by atoms with Crippen molar-refractivity contribution in [2.75, 3.05) is 32.4 Å². The fraction of sp³-hybridized carbons (Fsp3) is 0.688. The van der Waals surface area contributed by atoms with E-state index < -0.39 is 10.0 Å². The highest BCUT2D eigenvalue weighted by atomic mass is 32.2. The lowest BCUT2D eigenvalue weighted by atomic mass is 9.84. The zero-order valence-electron chi connectivity index (χ0n) is 13.5. The van der Waals surface area contributed by atoms with Crippen molar-refractivity contribution in [3.05, 3.63) is 22.4 Å². The summed E-state index contributed by atoms with van der Waals surface area (Å²) in [4.78, 5) is 14.4. The molecule has 1 unspecified atom stereocenters. The van der Waals surface area contributed by atoms with Gasteiger partial charge < -0.3 is 4.90 Å². The summed E-state index contributed by atoms with van der Waals surface area (Å²) in [7, 11) is -3.06. The molecule has 0 bridgehead atoms. The number of sulfonamides is 1. The molecule has 3 heterocycles. The maximum absolute atomic E-state index is 12.4. The van der Waals surface area contributed by atoms with Gasteiger partial charge in [0, 0.05) is 26.2 Å². The van der Waals surface area contributed by atoms with Crippen LogP contribution in [-0.4, -0.2) is 56.0 Å². The molecule has 2 aliphatic heterocycles. The fourth-order valence-electron chi connectivity index (χ4n) is 3.76. The van der Waals surface area contributed by atoms with Crippen LogP contribution in [0.5, 0.6) is 0 Å². The first-order chi connectivity index (χ1) is 10.9. The topological polar surface area (TPSA) is 57.7 Å². The molecule has 0 aliphatic carbocycles. The molecule has 2 saturated heterocycles. The number of hydrogen-bond acceptors (Lipinski definition) is 4. The minimum Gasteiger partial charge on any atom is -0.342 e. The molecule has 0 N–H and O–H groups in total. The first-order valence-electron chi connectivity index (χ1n) is 8.17. The van der Waals surface area contributed by atoms with Gasteiger partial charge in [-0.1, -0.05) is 0 Å². The van der Waals surface area contributed by atoms with Crippen LogP contribution in [0.3, 0.4) is 0 Å². The summed E-state index contributed by atoms with van der Waals surface area (Å²) in [6.07, 6.45) is 4.68. The second-order valence-corrected chi connectivity index (χ2v) is 9.46. The number of thiophene rings is 1. The van der Waals surface area contributed by atoms with Crippen molar-refractivity contribution in [3.63, 3.8) is 0 Å². The predicted molar refractivity (Wildman–Crippen MR) is 91.9 cm³/mol. The maximum Gasteiger partial charge on any atom is 0.227 e. The third-order valence-electron chi connectivity index (χ3n) is 5.15. The number of nitrogens with zero attached hydrogens (tertiary/aromatic N) is 2. The van der Waals surface area contributed by atoms with Crippen molar-refractivity contribution in [3.8, 4) is 0 Å². The van der Waals surface area contributed by atoms with Gasteiger partial charge in [0.05, 0.1) is 12.7 Å². The molecule has 7 heteroatoms. The Bertz CT molecular complexity index is 634. The number of carbonyl (C=O) groups excluding carboxylic acids is 1. The molecule has 1 aromatic rings. The van der Waals surface area contributed by atoms with Crippen molar-refractivity contribution in [1.29, 1.82) is 0 Å². The van der Waals surface area contributed by atoms with Crippen LogP contribution in [0, 0.1) is 11.8 Å². The van der Waals surface area contributed by atoms with Crippen molar-refractivity contribution in [2.24, 2.45) is 11.8 Å². The molecule has 1 atom stereocenters. The smallest absolute Gasteiger partial charge is 0.227 e. The number of rotatable bonds is 4. The van der Waals surface area contributed by atoms with Crippen LogP contribution in [0.4, 0.5) is 0 Å². The largest absolute Gasteiger partial charge is 0.342 e.